The van der Waals surface area contributed by atoms with Crippen LogP contribution in [0.2, 0.25) is 0 Å². The van der Waals surface area contributed by atoms with E-state index in [4.69, 9.17) is 10.9 Å². The minimum atomic E-state index is 0.0301. The Balaban J connectivity index is 2.32. The van der Waals surface area contributed by atoms with E-state index >= 15 is 0 Å². The van der Waals surface area contributed by atoms with Crippen molar-refractivity contribution >= 4 is 5.84 Å². The summed E-state index contributed by atoms with van der Waals surface area (Å²) in [5, 5.41) is 14.9. The van der Waals surface area contributed by atoms with Crippen molar-refractivity contribution in [3.8, 4) is 0 Å². The Morgan fingerprint density at radius 1 is 1.69 bits per heavy atom. The predicted molar refractivity (Wildman–Crippen MR) is 52.8 cm³/mol. The molecule has 0 spiro atoms. The van der Waals surface area contributed by atoms with Gasteiger partial charge in [-0.25, -0.2) is 0 Å². The molecule has 13 heavy (non-hydrogen) atoms. The molecule has 1 rings (SSSR count). The smallest absolute Gasteiger partial charge is 0.156 e. The molecule has 1 unspecified atom stereocenters. The van der Waals surface area contributed by atoms with Crippen LogP contribution in [0.3, 0.4) is 0 Å². The van der Waals surface area contributed by atoms with Crippen molar-refractivity contribution in [1.82, 2.24) is 5.32 Å². The van der Waals surface area contributed by atoms with Crippen LogP contribution in [0.15, 0.2) is 5.16 Å². The summed E-state index contributed by atoms with van der Waals surface area (Å²) in [5.74, 6) is 1.12. The number of hydrogen-bond donors (Lipinski definition) is 3. The van der Waals surface area contributed by atoms with E-state index in [9.17, 15) is 0 Å². The molecule has 0 heterocycles. The number of nitrogens with two attached hydrogens (primary N) is 1. The average molecular weight is 185 g/mol. The second kappa shape index (κ2) is 4.46. The van der Waals surface area contributed by atoms with Gasteiger partial charge in [0.15, 0.2) is 5.84 Å². The first kappa shape index (κ1) is 10.3. The van der Waals surface area contributed by atoms with Crippen molar-refractivity contribution in [3.63, 3.8) is 0 Å². The molecule has 4 N–H and O–H groups in total. The molecule has 4 nitrogen and oxygen atoms in total. The third-order valence-electron chi connectivity index (χ3n) is 2.69. The fourth-order valence-electron chi connectivity index (χ4n) is 1.81. The van der Waals surface area contributed by atoms with Crippen LogP contribution in [0.25, 0.3) is 0 Å². The molecule has 1 aliphatic carbocycles. The van der Waals surface area contributed by atoms with Crippen LogP contribution in [-0.2, 0) is 0 Å². The SMILES string of the molecule is CCC(NC1CC(C)C1)C(N)=NO. The summed E-state index contributed by atoms with van der Waals surface area (Å²) >= 11 is 0. The van der Waals surface area contributed by atoms with Gasteiger partial charge in [-0.2, -0.15) is 0 Å². The number of nitrogens with one attached hydrogen (secondary N) is 1. The number of nitrogens with zero attached hydrogens (tertiary/aromatic N) is 1. The fourth-order valence-corrected chi connectivity index (χ4v) is 1.81. The number of rotatable bonds is 4. The van der Waals surface area contributed by atoms with E-state index in [2.05, 4.69) is 17.4 Å². The van der Waals surface area contributed by atoms with Gasteiger partial charge in [0.25, 0.3) is 0 Å². The van der Waals surface area contributed by atoms with Gasteiger partial charge in [0, 0.05) is 6.04 Å². The summed E-state index contributed by atoms with van der Waals surface area (Å²) in [6, 6.07) is 0.586. The van der Waals surface area contributed by atoms with Crippen molar-refractivity contribution in [3.05, 3.63) is 0 Å². The van der Waals surface area contributed by atoms with E-state index in [1.54, 1.807) is 0 Å². The second-order valence-corrected chi connectivity index (χ2v) is 3.93. The first-order chi connectivity index (χ1) is 6.17. The highest BCUT2D eigenvalue weighted by Crippen LogP contribution is 2.26. The normalized spacial score (nSPS) is 31.1. The Labute approximate surface area is 79.2 Å². The molecule has 0 radical (unpaired) electrons. The van der Waals surface area contributed by atoms with Gasteiger partial charge >= 0.3 is 0 Å². The lowest BCUT2D eigenvalue weighted by Gasteiger charge is -2.36. The van der Waals surface area contributed by atoms with Gasteiger partial charge in [-0.3, -0.25) is 0 Å². The van der Waals surface area contributed by atoms with Gasteiger partial charge in [0.1, 0.15) is 0 Å². The van der Waals surface area contributed by atoms with Crippen molar-refractivity contribution < 1.29 is 5.21 Å². The van der Waals surface area contributed by atoms with Crippen molar-refractivity contribution in [1.29, 1.82) is 0 Å². The van der Waals surface area contributed by atoms with Crippen molar-refractivity contribution in [2.75, 3.05) is 0 Å². The third-order valence-corrected chi connectivity index (χ3v) is 2.69. The Kier molecular flexibility index (Phi) is 3.54. The van der Waals surface area contributed by atoms with Crippen molar-refractivity contribution in [2.45, 2.75) is 45.2 Å². The standard InChI is InChI=1S/C9H19N3O/c1-3-8(9(10)12-13)11-7-4-6(2)5-7/h6-8,11,13H,3-5H2,1-2H3,(H2,10,12). The van der Waals surface area contributed by atoms with Gasteiger partial charge in [-0.15, -0.1) is 0 Å². The molecule has 0 aromatic rings. The first-order valence-corrected chi connectivity index (χ1v) is 4.90. The van der Waals surface area contributed by atoms with Crippen LogP contribution in [0.4, 0.5) is 0 Å². The largest absolute Gasteiger partial charge is 0.409 e. The number of amidine groups is 1. The van der Waals surface area contributed by atoms with Gasteiger partial charge in [-0.1, -0.05) is 19.0 Å². The maximum absolute atomic E-state index is 8.51. The highest BCUT2D eigenvalue weighted by Gasteiger charge is 2.27. The zero-order valence-corrected chi connectivity index (χ0v) is 8.33. The first-order valence-electron chi connectivity index (χ1n) is 4.90. The molecule has 1 fully saturated rings. The van der Waals surface area contributed by atoms with Gasteiger partial charge in [0.2, 0.25) is 0 Å². The quantitative estimate of drug-likeness (QED) is 0.264. The average Bonchev–Trinajstić information content (AvgIpc) is 2.09. The molecule has 0 amide bonds. The van der Waals surface area contributed by atoms with E-state index in [1.807, 2.05) is 6.92 Å². The van der Waals surface area contributed by atoms with Crippen LogP contribution in [-0.4, -0.2) is 23.1 Å². The van der Waals surface area contributed by atoms with E-state index in [0.29, 0.717) is 11.9 Å². The lowest BCUT2D eigenvalue weighted by atomic mass is 9.81. The molecule has 76 valence electrons. The molecule has 0 bridgehead atoms. The second-order valence-electron chi connectivity index (χ2n) is 3.93. The Hall–Kier alpha value is -0.770. The molecular weight excluding hydrogens is 166 g/mol. The van der Waals surface area contributed by atoms with Crippen LogP contribution in [0.1, 0.15) is 33.1 Å². The zero-order chi connectivity index (χ0) is 9.84. The summed E-state index contributed by atoms with van der Waals surface area (Å²) in [6.45, 7) is 4.26. The van der Waals surface area contributed by atoms with Crippen molar-refractivity contribution in [2.24, 2.45) is 16.8 Å². The summed E-state index contributed by atoms with van der Waals surface area (Å²) in [4.78, 5) is 0. The summed E-state index contributed by atoms with van der Waals surface area (Å²) < 4.78 is 0. The zero-order valence-electron chi connectivity index (χ0n) is 8.33. The van der Waals surface area contributed by atoms with Gasteiger partial charge in [0.05, 0.1) is 6.04 Å². The molecular formula is C9H19N3O. The minimum absolute atomic E-state index is 0.0301. The Morgan fingerprint density at radius 2 is 2.31 bits per heavy atom. The third kappa shape index (κ3) is 2.59. The van der Waals surface area contributed by atoms with Gasteiger partial charge < -0.3 is 16.3 Å². The molecule has 1 aliphatic rings. The minimum Gasteiger partial charge on any atom is -0.409 e. The summed E-state index contributed by atoms with van der Waals surface area (Å²) in [5.41, 5.74) is 5.53. The molecule has 0 aromatic carbocycles. The lowest BCUT2D eigenvalue weighted by Crippen LogP contribution is -2.50. The summed E-state index contributed by atoms with van der Waals surface area (Å²) in [7, 11) is 0. The van der Waals surface area contributed by atoms with E-state index < -0.39 is 0 Å². The Bertz CT molecular complexity index is 187. The van der Waals surface area contributed by atoms with Crippen LogP contribution in [0, 0.1) is 5.92 Å². The monoisotopic (exact) mass is 185 g/mol. The molecule has 1 saturated carbocycles. The maximum Gasteiger partial charge on any atom is 0.156 e. The molecule has 4 heteroatoms. The number of hydrogen-bond acceptors (Lipinski definition) is 3. The summed E-state index contributed by atoms with van der Waals surface area (Å²) in [6.07, 6.45) is 3.27. The molecule has 0 saturated heterocycles. The van der Waals surface area contributed by atoms with E-state index in [-0.39, 0.29) is 6.04 Å². The van der Waals surface area contributed by atoms with Gasteiger partial charge in [-0.05, 0) is 25.2 Å². The number of oxime groups is 1. The topological polar surface area (TPSA) is 70.6 Å². The fraction of sp³-hybridized carbons (Fsp3) is 0.889. The molecule has 0 aliphatic heterocycles. The highest BCUT2D eigenvalue weighted by atomic mass is 16.4. The molecule has 0 aromatic heterocycles. The highest BCUT2D eigenvalue weighted by molar-refractivity contribution is 5.85. The van der Waals surface area contributed by atoms with Crippen LogP contribution < -0.4 is 11.1 Å². The lowest BCUT2D eigenvalue weighted by molar-refractivity contribution is 0.231. The van der Waals surface area contributed by atoms with E-state index in [1.165, 1.54) is 12.8 Å². The Morgan fingerprint density at radius 3 is 2.69 bits per heavy atom. The van der Waals surface area contributed by atoms with E-state index in [0.717, 1.165) is 12.3 Å². The predicted octanol–water partition coefficient (Wildman–Crippen LogP) is 0.899. The molecule has 1 atom stereocenters. The van der Waals surface area contributed by atoms with Crippen LogP contribution in [0.5, 0.6) is 0 Å². The van der Waals surface area contributed by atoms with Crippen LogP contribution >= 0.6 is 0 Å². The maximum atomic E-state index is 8.51.